The first kappa shape index (κ1) is 20.9. The van der Waals surface area contributed by atoms with Crippen molar-refractivity contribution in [3.63, 3.8) is 0 Å². The van der Waals surface area contributed by atoms with Crippen LogP contribution in [0.3, 0.4) is 0 Å². The van der Waals surface area contributed by atoms with Gasteiger partial charge in [0.15, 0.2) is 0 Å². The molecule has 27 heavy (non-hydrogen) atoms. The van der Waals surface area contributed by atoms with Gasteiger partial charge >= 0.3 is 0 Å². The van der Waals surface area contributed by atoms with E-state index in [9.17, 15) is 18.0 Å². The summed E-state index contributed by atoms with van der Waals surface area (Å²) in [6.45, 7) is 1.84. The van der Waals surface area contributed by atoms with E-state index in [4.69, 9.17) is 11.6 Å². The lowest BCUT2D eigenvalue weighted by atomic mass is 10.1. The van der Waals surface area contributed by atoms with E-state index in [0.29, 0.717) is 5.69 Å². The number of amides is 2. The molecule has 0 saturated carbocycles. The first-order valence-electron chi connectivity index (χ1n) is 8.27. The van der Waals surface area contributed by atoms with E-state index in [1.54, 1.807) is 30.3 Å². The number of carbonyl (C=O) groups excluding carboxylic acids is 2. The molecule has 0 radical (unpaired) electrons. The number of rotatable bonds is 7. The van der Waals surface area contributed by atoms with Crippen LogP contribution in [-0.4, -0.2) is 38.3 Å². The molecule has 0 bridgehead atoms. The van der Waals surface area contributed by atoms with Crippen LogP contribution in [0.5, 0.6) is 0 Å². The van der Waals surface area contributed by atoms with Crippen LogP contribution in [0.4, 0.5) is 5.69 Å². The van der Waals surface area contributed by atoms with Gasteiger partial charge in [-0.25, -0.2) is 8.42 Å². The fourth-order valence-corrected chi connectivity index (χ4v) is 3.30. The van der Waals surface area contributed by atoms with E-state index in [1.165, 1.54) is 6.07 Å². The Bertz CT molecular complexity index is 944. The summed E-state index contributed by atoms with van der Waals surface area (Å²) in [7, 11) is -3.30. The second-order valence-electron chi connectivity index (χ2n) is 6.23. The summed E-state index contributed by atoms with van der Waals surface area (Å²) in [5.41, 5.74) is 1.66. The Morgan fingerprint density at radius 3 is 2.33 bits per heavy atom. The SMILES string of the molecule is Cc1ccccc1NC(=O)[C@H](CCS(C)(=O)=O)NC(=O)c1ccccc1Cl. The molecule has 2 aromatic rings. The monoisotopic (exact) mass is 408 g/mol. The predicted octanol–water partition coefficient (Wildman–Crippen LogP) is 2.82. The average molecular weight is 409 g/mol. The van der Waals surface area contributed by atoms with Gasteiger partial charge in [0, 0.05) is 11.9 Å². The maximum atomic E-state index is 12.7. The zero-order chi connectivity index (χ0) is 20.0. The molecule has 0 aromatic heterocycles. The second-order valence-corrected chi connectivity index (χ2v) is 8.90. The molecule has 0 heterocycles. The fraction of sp³-hybridized carbons (Fsp3) is 0.263. The molecule has 144 valence electrons. The Morgan fingerprint density at radius 1 is 1.07 bits per heavy atom. The minimum Gasteiger partial charge on any atom is -0.340 e. The molecule has 2 amide bonds. The largest absolute Gasteiger partial charge is 0.340 e. The summed E-state index contributed by atoms with van der Waals surface area (Å²) < 4.78 is 23.0. The second kappa shape index (κ2) is 9.01. The molecule has 0 aliphatic rings. The number of carbonyl (C=O) groups is 2. The molecular formula is C19H21ClN2O4S. The van der Waals surface area contributed by atoms with E-state index in [0.717, 1.165) is 11.8 Å². The van der Waals surface area contributed by atoms with E-state index < -0.39 is 27.7 Å². The van der Waals surface area contributed by atoms with Crippen molar-refractivity contribution in [3.8, 4) is 0 Å². The van der Waals surface area contributed by atoms with Crippen LogP contribution in [-0.2, 0) is 14.6 Å². The number of nitrogens with one attached hydrogen (secondary N) is 2. The lowest BCUT2D eigenvalue weighted by molar-refractivity contribution is -0.118. The maximum absolute atomic E-state index is 12.7. The highest BCUT2D eigenvalue weighted by molar-refractivity contribution is 7.90. The Hall–Kier alpha value is -2.38. The lowest BCUT2D eigenvalue weighted by Gasteiger charge is -2.19. The van der Waals surface area contributed by atoms with Gasteiger partial charge in [-0.2, -0.15) is 0 Å². The van der Waals surface area contributed by atoms with Crippen molar-refractivity contribution in [1.29, 1.82) is 0 Å². The number of aryl methyl sites for hydroxylation is 1. The Balaban J connectivity index is 2.20. The highest BCUT2D eigenvalue weighted by Gasteiger charge is 2.24. The number of sulfone groups is 1. The van der Waals surface area contributed by atoms with Gasteiger partial charge in [0.1, 0.15) is 15.9 Å². The Morgan fingerprint density at radius 2 is 1.70 bits per heavy atom. The van der Waals surface area contributed by atoms with Gasteiger partial charge < -0.3 is 10.6 Å². The fourth-order valence-electron chi connectivity index (χ4n) is 2.42. The molecular weight excluding hydrogens is 388 g/mol. The highest BCUT2D eigenvalue weighted by atomic mass is 35.5. The quantitative estimate of drug-likeness (QED) is 0.736. The normalized spacial score (nSPS) is 12.3. The number of para-hydroxylation sites is 1. The van der Waals surface area contributed by atoms with Gasteiger partial charge in [0.25, 0.3) is 5.91 Å². The topological polar surface area (TPSA) is 92.3 Å². The summed E-state index contributed by atoms with van der Waals surface area (Å²) in [5, 5.41) is 5.57. The van der Waals surface area contributed by atoms with Crippen LogP contribution in [0, 0.1) is 6.92 Å². The van der Waals surface area contributed by atoms with Crippen molar-refractivity contribution in [2.75, 3.05) is 17.3 Å². The third-order valence-corrected chi connectivity index (χ3v) is 5.23. The summed E-state index contributed by atoms with van der Waals surface area (Å²) in [5.74, 6) is -1.27. The van der Waals surface area contributed by atoms with Gasteiger partial charge in [-0.1, -0.05) is 41.9 Å². The number of hydrogen-bond donors (Lipinski definition) is 2. The number of benzene rings is 2. The van der Waals surface area contributed by atoms with Gasteiger partial charge in [-0.15, -0.1) is 0 Å². The summed E-state index contributed by atoms with van der Waals surface area (Å²) in [6.07, 6.45) is 1.03. The highest BCUT2D eigenvalue weighted by Crippen LogP contribution is 2.16. The first-order chi connectivity index (χ1) is 12.7. The van der Waals surface area contributed by atoms with Crippen LogP contribution in [0.25, 0.3) is 0 Å². The number of halogens is 1. The zero-order valence-electron chi connectivity index (χ0n) is 15.0. The summed E-state index contributed by atoms with van der Waals surface area (Å²) in [4.78, 5) is 25.2. The summed E-state index contributed by atoms with van der Waals surface area (Å²) in [6, 6.07) is 12.6. The molecule has 0 aliphatic heterocycles. The third kappa shape index (κ3) is 6.37. The van der Waals surface area contributed by atoms with Crippen molar-refractivity contribution in [3.05, 3.63) is 64.7 Å². The van der Waals surface area contributed by atoms with E-state index >= 15 is 0 Å². The van der Waals surface area contributed by atoms with Gasteiger partial charge in [-0.3, -0.25) is 9.59 Å². The maximum Gasteiger partial charge on any atom is 0.253 e. The van der Waals surface area contributed by atoms with Gasteiger partial charge in [-0.05, 0) is 37.1 Å². The lowest BCUT2D eigenvalue weighted by Crippen LogP contribution is -2.45. The van der Waals surface area contributed by atoms with Crippen molar-refractivity contribution in [2.24, 2.45) is 0 Å². The number of hydrogen-bond acceptors (Lipinski definition) is 4. The Labute approximate surface area is 163 Å². The molecule has 2 aromatic carbocycles. The van der Waals surface area contributed by atoms with Crippen LogP contribution in [0.15, 0.2) is 48.5 Å². The summed E-state index contributed by atoms with van der Waals surface area (Å²) >= 11 is 6.03. The molecule has 0 unspecified atom stereocenters. The van der Waals surface area contributed by atoms with Crippen LogP contribution >= 0.6 is 11.6 Å². The average Bonchev–Trinajstić information content (AvgIpc) is 2.60. The molecule has 6 nitrogen and oxygen atoms in total. The molecule has 2 rings (SSSR count). The smallest absolute Gasteiger partial charge is 0.253 e. The molecule has 8 heteroatoms. The molecule has 1 atom stereocenters. The van der Waals surface area contributed by atoms with E-state index in [1.807, 2.05) is 19.1 Å². The minimum absolute atomic E-state index is 0.0489. The van der Waals surface area contributed by atoms with Crippen molar-refractivity contribution in [1.82, 2.24) is 5.32 Å². The van der Waals surface area contributed by atoms with Gasteiger partial charge in [0.2, 0.25) is 5.91 Å². The van der Waals surface area contributed by atoms with Crippen molar-refractivity contribution >= 4 is 38.9 Å². The van der Waals surface area contributed by atoms with Crippen LogP contribution in [0.2, 0.25) is 5.02 Å². The predicted molar refractivity (Wildman–Crippen MR) is 107 cm³/mol. The molecule has 2 N–H and O–H groups in total. The van der Waals surface area contributed by atoms with Crippen molar-refractivity contribution in [2.45, 2.75) is 19.4 Å². The number of anilines is 1. The van der Waals surface area contributed by atoms with Crippen LogP contribution < -0.4 is 10.6 Å². The Kier molecular flexibility index (Phi) is 6.98. The first-order valence-corrected chi connectivity index (χ1v) is 10.7. The molecule has 0 spiro atoms. The van der Waals surface area contributed by atoms with Crippen molar-refractivity contribution < 1.29 is 18.0 Å². The minimum atomic E-state index is -3.30. The standard InChI is InChI=1S/C19H21ClN2O4S/c1-13-7-3-6-10-16(13)21-19(24)17(11-12-27(2,25)26)22-18(23)14-8-4-5-9-15(14)20/h3-10,17H,11-12H2,1-2H3,(H,21,24)(H,22,23)/t17-/m0/s1. The van der Waals surface area contributed by atoms with Crippen LogP contribution in [0.1, 0.15) is 22.3 Å². The van der Waals surface area contributed by atoms with Gasteiger partial charge in [0.05, 0.1) is 16.3 Å². The zero-order valence-corrected chi connectivity index (χ0v) is 16.6. The third-order valence-electron chi connectivity index (χ3n) is 3.92. The van der Waals surface area contributed by atoms with E-state index in [2.05, 4.69) is 10.6 Å². The molecule has 0 aliphatic carbocycles. The van der Waals surface area contributed by atoms with E-state index in [-0.39, 0.29) is 22.8 Å². The molecule has 0 fully saturated rings. The molecule has 0 saturated heterocycles.